The first kappa shape index (κ1) is 13.4. The third-order valence-electron chi connectivity index (χ3n) is 3.80. The molecule has 2 atom stereocenters. The fourth-order valence-corrected chi connectivity index (χ4v) is 2.99. The molecule has 0 aromatic carbocycles. The van der Waals surface area contributed by atoms with Gasteiger partial charge in [0.15, 0.2) is 0 Å². The Balaban J connectivity index is 2.16. The summed E-state index contributed by atoms with van der Waals surface area (Å²) in [5.74, 6) is 1.96. The Morgan fingerprint density at radius 1 is 1.13 bits per heavy atom. The van der Waals surface area contributed by atoms with Crippen molar-refractivity contribution in [2.75, 3.05) is 19.3 Å². The fourth-order valence-electron chi connectivity index (χ4n) is 2.77. The van der Waals surface area contributed by atoms with Gasteiger partial charge >= 0.3 is 0 Å². The standard InChI is InChI=1S/C13H27NS/c1-12-8-4-5-9-13(12)14(2)10-6-3-7-11-15/h12-13,15H,3-11H2,1-2H3. The summed E-state index contributed by atoms with van der Waals surface area (Å²) < 4.78 is 0. The van der Waals surface area contributed by atoms with Crippen LogP contribution in [0.5, 0.6) is 0 Å². The maximum absolute atomic E-state index is 4.25. The van der Waals surface area contributed by atoms with Crippen molar-refractivity contribution in [1.29, 1.82) is 0 Å². The van der Waals surface area contributed by atoms with E-state index in [2.05, 4.69) is 31.5 Å². The minimum atomic E-state index is 0.856. The van der Waals surface area contributed by atoms with Crippen LogP contribution in [0.3, 0.4) is 0 Å². The van der Waals surface area contributed by atoms with Gasteiger partial charge in [-0.1, -0.05) is 26.2 Å². The van der Waals surface area contributed by atoms with Gasteiger partial charge in [0.05, 0.1) is 0 Å². The molecule has 0 spiro atoms. The van der Waals surface area contributed by atoms with Crippen LogP contribution in [-0.4, -0.2) is 30.3 Å². The van der Waals surface area contributed by atoms with E-state index in [-0.39, 0.29) is 0 Å². The van der Waals surface area contributed by atoms with Gasteiger partial charge in [0.1, 0.15) is 0 Å². The van der Waals surface area contributed by atoms with Crippen molar-refractivity contribution in [1.82, 2.24) is 4.90 Å². The molecule has 1 aliphatic carbocycles. The predicted octanol–water partition coefficient (Wildman–Crippen LogP) is 3.60. The van der Waals surface area contributed by atoms with Crippen molar-refractivity contribution in [3.63, 3.8) is 0 Å². The first-order chi connectivity index (χ1) is 7.25. The summed E-state index contributed by atoms with van der Waals surface area (Å²) >= 11 is 4.25. The average Bonchev–Trinajstić information content (AvgIpc) is 2.25. The normalized spacial score (nSPS) is 27.2. The van der Waals surface area contributed by atoms with Crippen molar-refractivity contribution in [3.8, 4) is 0 Å². The molecular formula is C13H27NS. The van der Waals surface area contributed by atoms with Gasteiger partial charge in [-0.2, -0.15) is 12.6 Å². The van der Waals surface area contributed by atoms with Crippen LogP contribution in [0.1, 0.15) is 51.9 Å². The molecule has 0 heterocycles. The van der Waals surface area contributed by atoms with Crippen LogP contribution < -0.4 is 0 Å². The summed E-state index contributed by atoms with van der Waals surface area (Å²) in [6, 6.07) is 0.856. The number of thiol groups is 1. The van der Waals surface area contributed by atoms with Crippen LogP contribution in [0.4, 0.5) is 0 Å². The van der Waals surface area contributed by atoms with Crippen molar-refractivity contribution in [3.05, 3.63) is 0 Å². The van der Waals surface area contributed by atoms with Crippen LogP contribution in [0.2, 0.25) is 0 Å². The second kappa shape index (κ2) is 7.56. The van der Waals surface area contributed by atoms with Crippen LogP contribution in [0.15, 0.2) is 0 Å². The highest BCUT2D eigenvalue weighted by Gasteiger charge is 2.24. The van der Waals surface area contributed by atoms with Crippen molar-refractivity contribution in [2.45, 2.75) is 57.9 Å². The molecule has 0 aliphatic heterocycles. The summed E-state index contributed by atoms with van der Waals surface area (Å²) in [6.07, 6.45) is 9.71. The lowest BCUT2D eigenvalue weighted by Gasteiger charge is -2.36. The Morgan fingerprint density at radius 2 is 1.87 bits per heavy atom. The Morgan fingerprint density at radius 3 is 2.53 bits per heavy atom. The summed E-state index contributed by atoms with van der Waals surface area (Å²) in [5.41, 5.74) is 0. The number of hydrogen-bond donors (Lipinski definition) is 1. The minimum Gasteiger partial charge on any atom is -0.303 e. The number of hydrogen-bond acceptors (Lipinski definition) is 2. The van der Waals surface area contributed by atoms with Crippen LogP contribution in [-0.2, 0) is 0 Å². The molecule has 1 aliphatic rings. The zero-order valence-electron chi connectivity index (χ0n) is 10.4. The molecular weight excluding hydrogens is 202 g/mol. The maximum Gasteiger partial charge on any atom is 0.0118 e. The predicted molar refractivity (Wildman–Crippen MR) is 71.8 cm³/mol. The van der Waals surface area contributed by atoms with Gasteiger partial charge in [-0.25, -0.2) is 0 Å². The zero-order chi connectivity index (χ0) is 11.1. The SMILES string of the molecule is CC1CCCCC1N(C)CCCCCS. The van der Waals surface area contributed by atoms with Gasteiger partial charge in [0.25, 0.3) is 0 Å². The van der Waals surface area contributed by atoms with Gasteiger partial charge in [0, 0.05) is 6.04 Å². The van der Waals surface area contributed by atoms with E-state index < -0.39 is 0 Å². The Hall–Kier alpha value is 0.310. The van der Waals surface area contributed by atoms with Gasteiger partial charge in [-0.05, 0) is 50.9 Å². The first-order valence-electron chi connectivity index (χ1n) is 6.57. The average molecular weight is 229 g/mol. The molecule has 15 heavy (non-hydrogen) atoms. The summed E-state index contributed by atoms with van der Waals surface area (Å²) in [5, 5.41) is 0. The highest BCUT2D eigenvalue weighted by atomic mass is 32.1. The molecule has 1 saturated carbocycles. The van der Waals surface area contributed by atoms with E-state index in [1.807, 2.05) is 0 Å². The van der Waals surface area contributed by atoms with Gasteiger partial charge in [-0.15, -0.1) is 0 Å². The Bertz CT molecular complexity index is 161. The van der Waals surface area contributed by atoms with E-state index in [1.165, 1.54) is 51.5 Å². The lowest BCUT2D eigenvalue weighted by Crippen LogP contribution is -2.39. The van der Waals surface area contributed by atoms with E-state index >= 15 is 0 Å². The summed E-state index contributed by atoms with van der Waals surface area (Å²) in [4.78, 5) is 2.60. The van der Waals surface area contributed by atoms with Crippen molar-refractivity contribution < 1.29 is 0 Å². The van der Waals surface area contributed by atoms with E-state index in [0.717, 1.165) is 17.7 Å². The minimum absolute atomic E-state index is 0.856. The highest BCUT2D eigenvalue weighted by Crippen LogP contribution is 2.27. The molecule has 2 heteroatoms. The van der Waals surface area contributed by atoms with Crippen LogP contribution in [0, 0.1) is 5.92 Å². The van der Waals surface area contributed by atoms with Crippen LogP contribution in [0.25, 0.3) is 0 Å². The number of unbranched alkanes of at least 4 members (excludes halogenated alkanes) is 2. The summed E-state index contributed by atoms with van der Waals surface area (Å²) in [6.45, 7) is 3.71. The van der Waals surface area contributed by atoms with E-state index in [9.17, 15) is 0 Å². The lowest BCUT2D eigenvalue weighted by molar-refractivity contribution is 0.137. The molecule has 0 aromatic rings. The second-order valence-corrected chi connectivity index (χ2v) is 5.54. The smallest absolute Gasteiger partial charge is 0.0118 e. The van der Waals surface area contributed by atoms with Gasteiger partial charge in [0.2, 0.25) is 0 Å². The third kappa shape index (κ3) is 4.78. The Kier molecular flexibility index (Phi) is 6.74. The molecule has 90 valence electrons. The molecule has 0 radical (unpaired) electrons. The quantitative estimate of drug-likeness (QED) is 0.538. The monoisotopic (exact) mass is 229 g/mol. The van der Waals surface area contributed by atoms with E-state index in [1.54, 1.807) is 0 Å². The molecule has 0 amide bonds. The van der Waals surface area contributed by atoms with E-state index in [4.69, 9.17) is 0 Å². The molecule has 1 rings (SSSR count). The lowest BCUT2D eigenvalue weighted by atomic mass is 9.85. The van der Waals surface area contributed by atoms with Crippen molar-refractivity contribution in [2.24, 2.45) is 5.92 Å². The molecule has 1 fully saturated rings. The van der Waals surface area contributed by atoms with Gasteiger partial charge in [-0.3, -0.25) is 0 Å². The molecule has 2 unspecified atom stereocenters. The van der Waals surface area contributed by atoms with E-state index in [0.29, 0.717) is 0 Å². The zero-order valence-corrected chi connectivity index (χ0v) is 11.3. The number of nitrogens with zero attached hydrogens (tertiary/aromatic N) is 1. The van der Waals surface area contributed by atoms with Crippen LogP contribution >= 0.6 is 12.6 Å². The molecule has 0 N–H and O–H groups in total. The molecule has 0 saturated heterocycles. The number of rotatable bonds is 6. The Labute approximate surface area is 101 Å². The van der Waals surface area contributed by atoms with Crippen molar-refractivity contribution >= 4 is 12.6 Å². The fraction of sp³-hybridized carbons (Fsp3) is 1.00. The van der Waals surface area contributed by atoms with Gasteiger partial charge < -0.3 is 4.90 Å². The first-order valence-corrected chi connectivity index (χ1v) is 7.20. The third-order valence-corrected chi connectivity index (χ3v) is 4.12. The molecule has 0 bridgehead atoms. The highest BCUT2D eigenvalue weighted by molar-refractivity contribution is 7.80. The molecule has 1 nitrogen and oxygen atoms in total. The maximum atomic E-state index is 4.25. The molecule has 0 aromatic heterocycles. The topological polar surface area (TPSA) is 3.24 Å². The second-order valence-electron chi connectivity index (χ2n) is 5.09. The largest absolute Gasteiger partial charge is 0.303 e. The summed E-state index contributed by atoms with van der Waals surface area (Å²) in [7, 11) is 2.31.